The summed E-state index contributed by atoms with van der Waals surface area (Å²) < 4.78 is 6.00. The molecule has 0 radical (unpaired) electrons. The predicted molar refractivity (Wildman–Crippen MR) is 120 cm³/mol. The summed E-state index contributed by atoms with van der Waals surface area (Å²) in [6.07, 6.45) is 4.10. The Morgan fingerprint density at radius 2 is 1.15 bits per heavy atom. The lowest BCUT2D eigenvalue weighted by atomic mass is 10.4. The maximum absolute atomic E-state index is 6.00. The molecule has 0 atom stereocenters. The van der Waals surface area contributed by atoms with Crippen molar-refractivity contribution in [1.29, 1.82) is 0 Å². The Morgan fingerprint density at radius 1 is 0.741 bits per heavy atom. The average molecular weight is 373 g/mol. The first-order valence-corrected chi connectivity index (χ1v) is 11.2. The van der Waals surface area contributed by atoms with E-state index in [9.17, 15) is 0 Å². The van der Waals surface area contributed by atoms with E-state index in [1.165, 1.54) is 15.9 Å². The van der Waals surface area contributed by atoms with E-state index in [4.69, 9.17) is 4.74 Å². The van der Waals surface area contributed by atoms with Crippen LogP contribution in [-0.4, -0.2) is 6.61 Å². The standard InChI is InChI=1S/C25H26OP/c1-3-14-22(26-4-2)21-27(23-15-8-5-9-16-23,24-17-10-6-11-18-24)25-19-12-7-13-20-25/h3,5-21H,4H2,1-2H3/q+1/b14-3+,22-21+. The Kier molecular flexibility index (Phi) is 6.63. The summed E-state index contributed by atoms with van der Waals surface area (Å²) in [6.45, 7) is 4.71. The molecule has 0 heterocycles. The minimum Gasteiger partial charge on any atom is -0.490 e. The fourth-order valence-electron chi connectivity index (χ4n) is 3.31. The van der Waals surface area contributed by atoms with E-state index in [1.807, 2.05) is 19.9 Å². The Bertz CT molecular complexity index is 787. The van der Waals surface area contributed by atoms with Crippen LogP contribution in [0.25, 0.3) is 0 Å². The summed E-state index contributed by atoms with van der Waals surface area (Å²) in [7, 11) is -2.01. The van der Waals surface area contributed by atoms with Crippen LogP contribution in [0, 0.1) is 0 Å². The van der Waals surface area contributed by atoms with Crippen molar-refractivity contribution in [2.45, 2.75) is 13.8 Å². The van der Waals surface area contributed by atoms with Gasteiger partial charge in [-0.1, -0.05) is 60.7 Å². The van der Waals surface area contributed by atoms with Crippen LogP contribution in [0.4, 0.5) is 0 Å². The normalized spacial score (nSPS) is 12.3. The van der Waals surface area contributed by atoms with E-state index in [0.29, 0.717) is 6.61 Å². The maximum Gasteiger partial charge on any atom is 0.154 e. The molecule has 0 aliphatic carbocycles. The first kappa shape index (κ1) is 19.1. The van der Waals surface area contributed by atoms with Crippen LogP contribution in [0.2, 0.25) is 0 Å². The topological polar surface area (TPSA) is 9.23 Å². The molecule has 0 aliphatic heterocycles. The first-order valence-electron chi connectivity index (χ1n) is 9.35. The zero-order chi connectivity index (χ0) is 19.0. The van der Waals surface area contributed by atoms with Crippen LogP contribution in [0.3, 0.4) is 0 Å². The first-order chi connectivity index (χ1) is 13.3. The van der Waals surface area contributed by atoms with Crippen molar-refractivity contribution >= 4 is 23.2 Å². The fourth-order valence-corrected chi connectivity index (χ4v) is 7.12. The van der Waals surface area contributed by atoms with Crippen LogP contribution in [-0.2, 0) is 4.74 Å². The number of benzene rings is 3. The quantitative estimate of drug-likeness (QED) is 0.305. The zero-order valence-corrected chi connectivity index (χ0v) is 16.8. The molecule has 0 saturated heterocycles. The summed E-state index contributed by atoms with van der Waals surface area (Å²) in [6, 6.07) is 32.4. The third kappa shape index (κ3) is 4.21. The van der Waals surface area contributed by atoms with E-state index >= 15 is 0 Å². The predicted octanol–water partition coefficient (Wildman–Crippen LogP) is 5.43. The molecule has 0 aliphatic rings. The second-order valence-corrected chi connectivity index (χ2v) is 9.45. The molecule has 1 nitrogen and oxygen atoms in total. The maximum atomic E-state index is 6.00. The van der Waals surface area contributed by atoms with Gasteiger partial charge in [-0.05, 0) is 56.3 Å². The molecular weight excluding hydrogens is 347 g/mol. The number of ether oxygens (including phenoxy) is 1. The van der Waals surface area contributed by atoms with Gasteiger partial charge in [0.05, 0.1) is 6.61 Å². The third-order valence-electron chi connectivity index (χ3n) is 4.45. The molecule has 3 rings (SSSR count). The number of rotatable bonds is 7. The monoisotopic (exact) mass is 373 g/mol. The molecule has 0 spiro atoms. The number of allylic oxidation sites excluding steroid dienone is 2. The molecule has 0 aromatic heterocycles. The van der Waals surface area contributed by atoms with E-state index in [2.05, 4.69) is 103 Å². The average Bonchev–Trinajstić information content (AvgIpc) is 2.74. The highest BCUT2D eigenvalue weighted by Gasteiger charge is 2.44. The Labute approximate surface area is 163 Å². The van der Waals surface area contributed by atoms with Gasteiger partial charge in [-0.2, -0.15) is 0 Å². The SMILES string of the molecule is C/C=C/C(=C\[P+](c1ccccc1)(c1ccccc1)c1ccccc1)OCC. The van der Waals surface area contributed by atoms with Crippen molar-refractivity contribution in [3.8, 4) is 0 Å². The van der Waals surface area contributed by atoms with Crippen LogP contribution in [0.5, 0.6) is 0 Å². The van der Waals surface area contributed by atoms with Gasteiger partial charge in [0, 0.05) is 0 Å². The molecule has 0 amide bonds. The molecule has 2 heteroatoms. The van der Waals surface area contributed by atoms with Gasteiger partial charge in [-0.15, -0.1) is 0 Å². The highest BCUT2D eigenvalue weighted by molar-refractivity contribution is 7.98. The van der Waals surface area contributed by atoms with Crippen LogP contribution in [0.15, 0.2) is 115 Å². The van der Waals surface area contributed by atoms with Gasteiger partial charge in [0.15, 0.2) is 5.76 Å². The molecule has 27 heavy (non-hydrogen) atoms. The second kappa shape index (κ2) is 9.35. The number of hydrogen-bond donors (Lipinski definition) is 0. The lowest BCUT2D eigenvalue weighted by Gasteiger charge is -2.24. The summed E-state index contributed by atoms with van der Waals surface area (Å²) in [5.74, 6) is 3.28. The fraction of sp³-hybridized carbons (Fsp3) is 0.120. The smallest absolute Gasteiger partial charge is 0.154 e. The highest BCUT2D eigenvalue weighted by atomic mass is 31.2. The lowest BCUT2D eigenvalue weighted by Crippen LogP contribution is -2.30. The molecule has 3 aromatic carbocycles. The highest BCUT2D eigenvalue weighted by Crippen LogP contribution is 2.57. The summed E-state index contributed by atoms with van der Waals surface area (Å²) in [5, 5.41) is 3.97. The van der Waals surface area contributed by atoms with E-state index < -0.39 is 7.26 Å². The van der Waals surface area contributed by atoms with Gasteiger partial charge in [0.25, 0.3) is 0 Å². The van der Waals surface area contributed by atoms with Gasteiger partial charge in [-0.25, -0.2) is 0 Å². The minimum atomic E-state index is -2.01. The summed E-state index contributed by atoms with van der Waals surface area (Å²) in [4.78, 5) is 0. The van der Waals surface area contributed by atoms with Crippen molar-refractivity contribution in [3.63, 3.8) is 0 Å². The lowest BCUT2D eigenvalue weighted by molar-refractivity contribution is 0.243. The van der Waals surface area contributed by atoms with E-state index in [0.717, 1.165) is 5.76 Å². The van der Waals surface area contributed by atoms with E-state index in [-0.39, 0.29) is 0 Å². The van der Waals surface area contributed by atoms with Crippen molar-refractivity contribution in [2.24, 2.45) is 0 Å². The molecule has 3 aromatic rings. The van der Waals surface area contributed by atoms with Gasteiger partial charge in [0.2, 0.25) is 0 Å². The molecule has 0 fully saturated rings. The summed E-state index contributed by atoms with van der Waals surface area (Å²) in [5.41, 5.74) is 0. The van der Waals surface area contributed by atoms with E-state index in [1.54, 1.807) is 0 Å². The third-order valence-corrected chi connectivity index (χ3v) is 8.43. The molecule has 0 bridgehead atoms. The number of hydrogen-bond acceptors (Lipinski definition) is 1. The summed E-state index contributed by atoms with van der Waals surface area (Å²) >= 11 is 0. The zero-order valence-electron chi connectivity index (χ0n) is 16.0. The van der Waals surface area contributed by atoms with Gasteiger partial charge < -0.3 is 4.74 Å². The largest absolute Gasteiger partial charge is 0.490 e. The Morgan fingerprint density at radius 3 is 1.48 bits per heavy atom. The van der Waals surface area contributed by atoms with Crippen LogP contribution < -0.4 is 15.9 Å². The van der Waals surface area contributed by atoms with Crippen molar-refractivity contribution in [2.75, 3.05) is 6.61 Å². The van der Waals surface area contributed by atoms with Crippen molar-refractivity contribution in [3.05, 3.63) is 115 Å². The van der Waals surface area contributed by atoms with Crippen molar-refractivity contribution in [1.82, 2.24) is 0 Å². The van der Waals surface area contributed by atoms with Crippen LogP contribution in [0.1, 0.15) is 13.8 Å². The minimum absolute atomic E-state index is 0.647. The van der Waals surface area contributed by atoms with Gasteiger partial charge >= 0.3 is 0 Å². The second-order valence-electron chi connectivity index (χ2n) is 6.19. The Balaban J connectivity index is 2.37. The molecule has 136 valence electrons. The van der Waals surface area contributed by atoms with Crippen molar-refractivity contribution < 1.29 is 4.74 Å². The molecule has 0 saturated carbocycles. The van der Waals surface area contributed by atoms with Gasteiger partial charge in [-0.3, -0.25) is 0 Å². The molecule has 0 N–H and O–H groups in total. The van der Waals surface area contributed by atoms with Crippen LogP contribution >= 0.6 is 7.26 Å². The molecular formula is C25H26OP+. The molecule has 0 unspecified atom stereocenters. The van der Waals surface area contributed by atoms with Gasteiger partial charge in [0.1, 0.15) is 29.0 Å². The Hall–Kier alpha value is -2.63.